The summed E-state index contributed by atoms with van der Waals surface area (Å²) in [6.07, 6.45) is 1.80. The summed E-state index contributed by atoms with van der Waals surface area (Å²) in [5.74, 6) is 0.413. The lowest BCUT2D eigenvalue weighted by Gasteiger charge is -2.44. The number of nitrogens with two attached hydrogens (primary N) is 1. The van der Waals surface area contributed by atoms with Crippen molar-refractivity contribution >= 4 is 33.0 Å². The fraction of sp³-hybridized carbons (Fsp3) is 0.818. The summed E-state index contributed by atoms with van der Waals surface area (Å²) < 4.78 is 22.7. The van der Waals surface area contributed by atoms with Crippen LogP contribution >= 0.6 is 12.2 Å². The van der Waals surface area contributed by atoms with Gasteiger partial charge in [-0.15, -0.1) is 0 Å². The van der Waals surface area contributed by atoms with Gasteiger partial charge in [0.25, 0.3) is 0 Å². The molecule has 18 heavy (non-hydrogen) atoms. The van der Waals surface area contributed by atoms with E-state index >= 15 is 0 Å². The molecule has 1 unspecified atom stereocenters. The maximum absolute atomic E-state index is 12.2. The van der Waals surface area contributed by atoms with Gasteiger partial charge in [0.2, 0.25) is 5.91 Å². The van der Waals surface area contributed by atoms with E-state index in [9.17, 15) is 13.2 Å². The topological polar surface area (TPSA) is 89.3 Å². The quantitative estimate of drug-likeness (QED) is 0.714. The SMILES string of the molecule is CC1CC(C(=O)NC2CCS(=O)(=O)C2)(C(N)=S)C1. The molecule has 0 aromatic heterocycles. The van der Waals surface area contributed by atoms with Crippen molar-refractivity contribution in [2.75, 3.05) is 11.5 Å². The Kier molecular flexibility index (Phi) is 3.40. The number of nitrogens with one attached hydrogen (secondary N) is 1. The van der Waals surface area contributed by atoms with E-state index in [1.165, 1.54) is 0 Å². The molecule has 0 spiro atoms. The predicted molar refractivity (Wildman–Crippen MR) is 72.8 cm³/mol. The molecule has 1 saturated carbocycles. The van der Waals surface area contributed by atoms with Crippen molar-refractivity contribution in [1.82, 2.24) is 5.32 Å². The van der Waals surface area contributed by atoms with Gasteiger partial charge in [0.1, 0.15) is 0 Å². The molecule has 5 nitrogen and oxygen atoms in total. The van der Waals surface area contributed by atoms with E-state index in [0.717, 1.165) is 0 Å². The lowest BCUT2D eigenvalue weighted by molar-refractivity contribution is -0.133. The minimum Gasteiger partial charge on any atom is -0.392 e. The highest BCUT2D eigenvalue weighted by atomic mass is 32.2. The van der Waals surface area contributed by atoms with Gasteiger partial charge in [-0.2, -0.15) is 0 Å². The van der Waals surface area contributed by atoms with Gasteiger partial charge in [-0.3, -0.25) is 4.79 Å². The van der Waals surface area contributed by atoms with Crippen LogP contribution in [0.3, 0.4) is 0 Å². The standard InChI is InChI=1S/C11H18N2O3S2/c1-7-4-11(5-7,9(12)17)10(14)13-8-2-3-18(15,16)6-8/h7-8H,2-6H2,1H3,(H2,12,17)(H,13,14). The molecule has 7 heteroatoms. The van der Waals surface area contributed by atoms with Crippen LogP contribution in [0.1, 0.15) is 26.2 Å². The van der Waals surface area contributed by atoms with Crippen molar-refractivity contribution in [2.45, 2.75) is 32.2 Å². The number of thiocarbonyl (C=S) groups is 1. The molecule has 2 fully saturated rings. The third-order valence-corrected chi connectivity index (χ3v) is 6.03. The van der Waals surface area contributed by atoms with E-state index in [2.05, 4.69) is 5.32 Å². The molecule has 3 N–H and O–H groups in total. The van der Waals surface area contributed by atoms with Crippen molar-refractivity contribution in [3.63, 3.8) is 0 Å². The molecule has 1 heterocycles. The summed E-state index contributed by atoms with van der Waals surface area (Å²) in [5, 5.41) is 2.79. The summed E-state index contributed by atoms with van der Waals surface area (Å²) in [6.45, 7) is 2.05. The van der Waals surface area contributed by atoms with Gasteiger partial charge in [0.05, 0.1) is 21.9 Å². The second-order valence-corrected chi connectivity index (χ2v) is 8.20. The van der Waals surface area contributed by atoms with Crippen molar-refractivity contribution in [2.24, 2.45) is 17.1 Å². The van der Waals surface area contributed by atoms with Crippen molar-refractivity contribution in [1.29, 1.82) is 0 Å². The Balaban J connectivity index is 2.02. The lowest BCUT2D eigenvalue weighted by Crippen LogP contribution is -2.57. The number of carbonyl (C=O) groups excluding carboxylic acids is 1. The maximum Gasteiger partial charge on any atom is 0.233 e. The van der Waals surface area contributed by atoms with Crippen LogP contribution in [0.25, 0.3) is 0 Å². The molecule has 0 aromatic carbocycles. The van der Waals surface area contributed by atoms with Crippen LogP contribution in [0.4, 0.5) is 0 Å². The summed E-state index contributed by atoms with van der Waals surface area (Å²) in [5.41, 5.74) is 4.93. The Labute approximate surface area is 112 Å². The zero-order valence-electron chi connectivity index (χ0n) is 10.3. The van der Waals surface area contributed by atoms with Gasteiger partial charge < -0.3 is 11.1 Å². The highest BCUT2D eigenvalue weighted by Gasteiger charge is 2.51. The monoisotopic (exact) mass is 290 g/mol. The van der Waals surface area contributed by atoms with Crippen molar-refractivity contribution < 1.29 is 13.2 Å². The number of hydrogen-bond acceptors (Lipinski definition) is 4. The van der Waals surface area contributed by atoms with E-state index in [4.69, 9.17) is 18.0 Å². The Hall–Kier alpha value is -0.690. The highest BCUT2D eigenvalue weighted by molar-refractivity contribution is 7.91. The van der Waals surface area contributed by atoms with Gasteiger partial charge >= 0.3 is 0 Å². The molecule has 2 aliphatic rings. The maximum atomic E-state index is 12.2. The number of amides is 1. The molecule has 0 bridgehead atoms. The number of carbonyl (C=O) groups is 1. The summed E-state index contributed by atoms with van der Waals surface area (Å²) >= 11 is 4.99. The largest absolute Gasteiger partial charge is 0.392 e. The van der Waals surface area contributed by atoms with Gasteiger partial charge in [-0.1, -0.05) is 19.1 Å². The molecule has 1 saturated heterocycles. The van der Waals surface area contributed by atoms with Crippen LogP contribution in [0, 0.1) is 11.3 Å². The van der Waals surface area contributed by atoms with E-state index in [-0.39, 0.29) is 28.4 Å². The molecule has 1 amide bonds. The van der Waals surface area contributed by atoms with E-state index in [1.807, 2.05) is 6.92 Å². The van der Waals surface area contributed by atoms with E-state index in [1.54, 1.807) is 0 Å². The van der Waals surface area contributed by atoms with Crippen molar-refractivity contribution in [3.8, 4) is 0 Å². The van der Waals surface area contributed by atoms with Gasteiger partial charge in [-0.05, 0) is 25.2 Å². The highest BCUT2D eigenvalue weighted by Crippen LogP contribution is 2.46. The van der Waals surface area contributed by atoms with Crippen LogP contribution in [0.5, 0.6) is 0 Å². The lowest BCUT2D eigenvalue weighted by atomic mass is 9.62. The minimum absolute atomic E-state index is 0.0295. The second kappa shape index (κ2) is 4.45. The molecule has 1 atom stereocenters. The summed E-state index contributed by atoms with van der Waals surface area (Å²) in [4.78, 5) is 12.4. The van der Waals surface area contributed by atoms with Gasteiger partial charge in [0, 0.05) is 6.04 Å². The first kappa shape index (κ1) is 13.7. The molecule has 0 aromatic rings. The van der Waals surface area contributed by atoms with Crippen LogP contribution in [0.15, 0.2) is 0 Å². The zero-order valence-corrected chi connectivity index (χ0v) is 11.9. The zero-order chi connectivity index (χ0) is 13.6. The number of sulfone groups is 1. The first-order valence-electron chi connectivity index (χ1n) is 6.06. The number of rotatable bonds is 3. The molecule has 102 valence electrons. The van der Waals surface area contributed by atoms with Gasteiger partial charge in [-0.25, -0.2) is 8.42 Å². The van der Waals surface area contributed by atoms with Crippen molar-refractivity contribution in [3.05, 3.63) is 0 Å². The Morgan fingerprint density at radius 1 is 1.44 bits per heavy atom. The molecular formula is C11H18N2O3S2. The molecule has 1 aliphatic carbocycles. The number of hydrogen-bond donors (Lipinski definition) is 2. The van der Waals surface area contributed by atoms with E-state index < -0.39 is 15.3 Å². The molecule has 0 radical (unpaired) electrons. The average molecular weight is 290 g/mol. The third kappa shape index (κ3) is 2.38. The Bertz CT molecular complexity index is 481. The minimum atomic E-state index is -2.99. The van der Waals surface area contributed by atoms with Crippen LogP contribution < -0.4 is 11.1 Å². The smallest absolute Gasteiger partial charge is 0.233 e. The van der Waals surface area contributed by atoms with Crippen LogP contribution in [-0.4, -0.2) is 36.9 Å². The summed E-state index contributed by atoms with van der Waals surface area (Å²) in [7, 11) is -2.99. The normalized spacial score (nSPS) is 37.8. The molecule has 2 rings (SSSR count). The predicted octanol–water partition coefficient (Wildman–Crippen LogP) is -0.00790. The first-order valence-corrected chi connectivity index (χ1v) is 8.29. The fourth-order valence-electron chi connectivity index (χ4n) is 2.86. The molecular weight excluding hydrogens is 272 g/mol. The first-order chi connectivity index (χ1) is 8.25. The summed E-state index contributed by atoms with van der Waals surface area (Å²) in [6, 6.07) is -0.287. The van der Waals surface area contributed by atoms with Crippen LogP contribution in [0.2, 0.25) is 0 Å². The fourth-order valence-corrected chi connectivity index (χ4v) is 4.79. The Morgan fingerprint density at radius 3 is 2.44 bits per heavy atom. The Morgan fingerprint density at radius 2 is 2.06 bits per heavy atom. The third-order valence-electron chi connectivity index (χ3n) is 3.87. The second-order valence-electron chi connectivity index (χ2n) is 5.53. The molecule has 1 aliphatic heterocycles. The van der Waals surface area contributed by atoms with Gasteiger partial charge in [0.15, 0.2) is 9.84 Å². The van der Waals surface area contributed by atoms with Crippen LogP contribution in [-0.2, 0) is 14.6 Å². The van der Waals surface area contributed by atoms with E-state index in [0.29, 0.717) is 25.2 Å². The average Bonchev–Trinajstić information content (AvgIpc) is 2.52.